The molecule has 0 amide bonds. The third-order valence-corrected chi connectivity index (χ3v) is 8.70. The molecule has 0 spiro atoms. The fourth-order valence-electron chi connectivity index (χ4n) is 6.56. The molecular formula is C32H49O2P. The van der Waals surface area contributed by atoms with Gasteiger partial charge in [0.05, 0.1) is 5.76 Å². The molecule has 6 unspecified atom stereocenters. The third kappa shape index (κ3) is 7.31. The Morgan fingerprint density at radius 3 is 2.43 bits per heavy atom. The Labute approximate surface area is 217 Å². The molecule has 1 fully saturated rings. The highest BCUT2D eigenvalue weighted by Crippen LogP contribution is 2.49. The standard InChI is InChI=1S/C32H49O2P/c1-7-9-25-12-14-26(15-13-25)23(4)21-32(6)28(16-19-31(32)33)11-8-10-27-20-29(34-24(5)35)17-18-30(27)22(2)3/h12-15,17-18,22-24,27-28H,7-11,16,19-21,35H2,1-6H3. The van der Waals surface area contributed by atoms with Crippen molar-refractivity contribution in [3.05, 3.63) is 58.9 Å². The summed E-state index contributed by atoms with van der Waals surface area (Å²) in [6, 6.07) is 9.14. The Bertz CT molecular complexity index is 895. The van der Waals surface area contributed by atoms with Crippen molar-refractivity contribution < 1.29 is 9.53 Å². The lowest BCUT2D eigenvalue weighted by atomic mass is 9.69. The van der Waals surface area contributed by atoms with E-state index in [0.717, 1.165) is 44.3 Å². The quantitative estimate of drug-likeness (QED) is 0.270. The summed E-state index contributed by atoms with van der Waals surface area (Å²) in [5.41, 5.74) is 4.16. The minimum absolute atomic E-state index is 0.144. The summed E-state index contributed by atoms with van der Waals surface area (Å²) in [6.07, 6.45) is 14.1. The first-order valence-electron chi connectivity index (χ1n) is 14.1. The average Bonchev–Trinajstić information content (AvgIpc) is 3.07. The van der Waals surface area contributed by atoms with Crippen LogP contribution in [0.4, 0.5) is 0 Å². The second kappa shape index (κ2) is 12.7. The van der Waals surface area contributed by atoms with E-state index in [1.165, 1.54) is 30.4 Å². The van der Waals surface area contributed by atoms with Crippen LogP contribution < -0.4 is 0 Å². The SMILES string of the molecule is CCCc1ccc(C(C)CC2(C)C(=O)CCC2CCCC2CC(OC(C)P)=CC=C2C(C)C)cc1. The maximum absolute atomic E-state index is 13.1. The van der Waals surface area contributed by atoms with Crippen LogP contribution in [0.1, 0.15) is 110 Å². The number of ether oxygens (including phenoxy) is 1. The van der Waals surface area contributed by atoms with Gasteiger partial charge in [-0.2, -0.15) is 0 Å². The number of ketones is 1. The molecule has 2 aliphatic carbocycles. The first-order chi connectivity index (χ1) is 16.6. The zero-order chi connectivity index (χ0) is 25.6. The molecule has 6 atom stereocenters. The van der Waals surface area contributed by atoms with Crippen molar-refractivity contribution in [3.63, 3.8) is 0 Å². The molecule has 0 saturated heterocycles. The molecule has 2 aliphatic rings. The molecule has 1 aromatic carbocycles. The summed E-state index contributed by atoms with van der Waals surface area (Å²) in [4.78, 5) is 13.1. The van der Waals surface area contributed by atoms with Gasteiger partial charge in [0.2, 0.25) is 0 Å². The highest BCUT2D eigenvalue weighted by atomic mass is 31.0. The molecule has 0 bridgehead atoms. The maximum atomic E-state index is 13.1. The minimum atomic E-state index is -0.187. The summed E-state index contributed by atoms with van der Waals surface area (Å²) in [5, 5.41) is 0. The highest BCUT2D eigenvalue weighted by molar-refractivity contribution is 7.17. The van der Waals surface area contributed by atoms with Crippen LogP contribution in [0.25, 0.3) is 0 Å². The van der Waals surface area contributed by atoms with Crippen molar-refractivity contribution in [1.29, 1.82) is 0 Å². The zero-order valence-corrected chi connectivity index (χ0v) is 24.3. The van der Waals surface area contributed by atoms with Crippen molar-refractivity contribution in [2.45, 2.75) is 111 Å². The van der Waals surface area contributed by atoms with Crippen LogP contribution in [0.2, 0.25) is 0 Å². The van der Waals surface area contributed by atoms with Crippen molar-refractivity contribution in [3.8, 4) is 0 Å². The minimum Gasteiger partial charge on any atom is -0.491 e. The molecule has 0 N–H and O–H groups in total. The van der Waals surface area contributed by atoms with Crippen LogP contribution in [0, 0.1) is 23.2 Å². The Balaban J connectivity index is 1.60. The molecule has 35 heavy (non-hydrogen) atoms. The van der Waals surface area contributed by atoms with Gasteiger partial charge in [0, 0.05) is 18.3 Å². The van der Waals surface area contributed by atoms with Crippen molar-refractivity contribution in [1.82, 2.24) is 0 Å². The molecule has 0 heterocycles. The van der Waals surface area contributed by atoms with Gasteiger partial charge in [0.25, 0.3) is 0 Å². The van der Waals surface area contributed by atoms with Gasteiger partial charge in [-0.15, -0.1) is 0 Å². The molecule has 0 aromatic heterocycles. The van der Waals surface area contributed by atoms with E-state index in [4.69, 9.17) is 4.74 Å². The molecule has 3 heteroatoms. The second-order valence-electron chi connectivity index (χ2n) is 11.8. The van der Waals surface area contributed by atoms with Gasteiger partial charge in [-0.25, -0.2) is 0 Å². The van der Waals surface area contributed by atoms with Crippen molar-refractivity contribution >= 4 is 15.0 Å². The monoisotopic (exact) mass is 496 g/mol. The van der Waals surface area contributed by atoms with Crippen LogP contribution in [0.15, 0.2) is 47.7 Å². The van der Waals surface area contributed by atoms with Gasteiger partial charge in [-0.3, -0.25) is 4.79 Å². The molecule has 3 rings (SSSR count). The van der Waals surface area contributed by atoms with E-state index in [-0.39, 0.29) is 11.3 Å². The van der Waals surface area contributed by atoms with Crippen LogP contribution in [0.5, 0.6) is 0 Å². The number of hydrogen-bond acceptors (Lipinski definition) is 2. The smallest absolute Gasteiger partial charge is 0.139 e. The van der Waals surface area contributed by atoms with Gasteiger partial charge >= 0.3 is 0 Å². The summed E-state index contributed by atoms with van der Waals surface area (Å²) >= 11 is 0. The van der Waals surface area contributed by atoms with Crippen LogP contribution >= 0.6 is 9.24 Å². The number of hydrogen-bond donors (Lipinski definition) is 0. The molecule has 0 radical (unpaired) electrons. The lowest BCUT2D eigenvalue weighted by Gasteiger charge is -2.34. The number of rotatable bonds is 12. The van der Waals surface area contributed by atoms with Crippen LogP contribution in [0.3, 0.4) is 0 Å². The summed E-state index contributed by atoms with van der Waals surface area (Å²) in [7, 11) is 2.74. The number of carbonyl (C=O) groups is 1. The van der Waals surface area contributed by atoms with E-state index < -0.39 is 0 Å². The van der Waals surface area contributed by atoms with Crippen molar-refractivity contribution in [2.75, 3.05) is 0 Å². The zero-order valence-electron chi connectivity index (χ0n) is 23.1. The molecular weight excluding hydrogens is 447 g/mol. The van der Waals surface area contributed by atoms with E-state index in [9.17, 15) is 4.79 Å². The van der Waals surface area contributed by atoms with E-state index in [1.54, 1.807) is 5.57 Å². The predicted octanol–water partition coefficient (Wildman–Crippen LogP) is 9.01. The number of benzene rings is 1. The lowest BCUT2D eigenvalue weighted by Crippen LogP contribution is -2.31. The Kier molecular flexibility index (Phi) is 10.2. The van der Waals surface area contributed by atoms with Gasteiger partial charge in [-0.1, -0.05) is 92.6 Å². The number of allylic oxidation sites excluding steroid dienone is 4. The average molecular weight is 497 g/mol. The number of Topliss-reactive ketones (excluding diaryl/α,β-unsaturated/α-hetero) is 1. The molecule has 1 saturated carbocycles. The Morgan fingerprint density at radius 2 is 1.80 bits per heavy atom. The highest BCUT2D eigenvalue weighted by Gasteiger charge is 2.46. The van der Waals surface area contributed by atoms with Crippen LogP contribution in [-0.2, 0) is 16.0 Å². The van der Waals surface area contributed by atoms with E-state index in [2.05, 4.69) is 87.2 Å². The van der Waals surface area contributed by atoms with Gasteiger partial charge in [-0.05, 0) is 79.9 Å². The third-order valence-electron chi connectivity index (χ3n) is 8.57. The van der Waals surface area contributed by atoms with E-state index in [1.807, 2.05) is 0 Å². The summed E-state index contributed by atoms with van der Waals surface area (Å²) < 4.78 is 6.02. The summed E-state index contributed by atoms with van der Waals surface area (Å²) in [6.45, 7) is 13.5. The number of carbonyl (C=O) groups excluding carboxylic acids is 1. The predicted molar refractivity (Wildman–Crippen MR) is 153 cm³/mol. The second-order valence-corrected chi connectivity index (χ2v) is 12.7. The molecule has 194 valence electrons. The van der Waals surface area contributed by atoms with Gasteiger partial charge in [0.15, 0.2) is 0 Å². The molecule has 1 aromatic rings. The fourth-order valence-corrected chi connectivity index (χ4v) is 6.73. The van der Waals surface area contributed by atoms with Crippen LogP contribution in [-0.4, -0.2) is 11.6 Å². The molecule has 2 nitrogen and oxygen atoms in total. The first kappa shape index (κ1) is 28.2. The number of aryl methyl sites for hydroxylation is 1. The van der Waals surface area contributed by atoms with Crippen molar-refractivity contribution in [2.24, 2.45) is 23.2 Å². The summed E-state index contributed by atoms with van der Waals surface area (Å²) in [5.74, 6) is 3.78. The van der Waals surface area contributed by atoms with E-state index in [0.29, 0.717) is 29.5 Å². The Hall–Kier alpha value is -1.40. The lowest BCUT2D eigenvalue weighted by molar-refractivity contribution is -0.127. The molecule has 0 aliphatic heterocycles. The first-order valence-corrected chi connectivity index (χ1v) is 14.8. The normalized spacial score (nSPS) is 26.5. The largest absolute Gasteiger partial charge is 0.491 e. The van der Waals surface area contributed by atoms with E-state index >= 15 is 0 Å². The Morgan fingerprint density at radius 1 is 1.09 bits per heavy atom. The topological polar surface area (TPSA) is 26.3 Å². The van der Waals surface area contributed by atoms with Gasteiger partial charge < -0.3 is 4.74 Å². The maximum Gasteiger partial charge on any atom is 0.139 e. The fraction of sp³-hybridized carbons (Fsp3) is 0.656. The van der Waals surface area contributed by atoms with Gasteiger partial charge in [0.1, 0.15) is 11.6 Å².